The molecule has 6 heteroatoms. The van der Waals surface area contributed by atoms with Gasteiger partial charge < -0.3 is 5.32 Å². The van der Waals surface area contributed by atoms with E-state index >= 15 is 0 Å². The fraction of sp³-hybridized carbons (Fsp3) is 0.231. The lowest BCUT2D eigenvalue weighted by molar-refractivity contribution is 0.705. The third-order valence-electron chi connectivity index (χ3n) is 2.81. The minimum Gasteiger partial charge on any atom is -0.311 e. The van der Waals surface area contributed by atoms with Crippen molar-refractivity contribution in [2.75, 3.05) is 6.54 Å². The second kappa shape index (κ2) is 5.11. The molecule has 96 valence electrons. The number of hydrogen-bond donors (Lipinski definition) is 1. The van der Waals surface area contributed by atoms with Gasteiger partial charge in [0.1, 0.15) is 0 Å². The Labute approximate surface area is 110 Å². The first-order chi connectivity index (χ1) is 9.36. The van der Waals surface area contributed by atoms with Crippen molar-refractivity contribution in [1.82, 2.24) is 30.3 Å². The molecule has 0 fully saturated rings. The van der Waals surface area contributed by atoms with Gasteiger partial charge in [-0.15, -0.1) is 5.10 Å². The van der Waals surface area contributed by atoms with E-state index in [0.717, 1.165) is 35.5 Å². The van der Waals surface area contributed by atoms with E-state index in [2.05, 4.69) is 32.5 Å². The molecule has 2 heterocycles. The molecule has 0 saturated carbocycles. The van der Waals surface area contributed by atoms with Gasteiger partial charge in [-0.05, 0) is 24.7 Å². The summed E-state index contributed by atoms with van der Waals surface area (Å²) in [5.74, 6) is 0. The molecular weight excluding hydrogens is 240 g/mol. The highest BCUT2D eigenvalue weighted by Gasteiger charge is 2.04. The lowest BCUT2D eigenvalue weighted by atomic mass is 10.2. The molecular formula is C13H14N6. The molecule has 3 aromatic rings. The second-order valence-electron chi connectivity index (χ2n) is 4.16. The van der Waals surface area contributed by atoms with Crippen LogP contribution in [0.3, 0.4) is 0 Å². The van der Waals surface area contributed by atoms with E-state index in [1.54, 1.807) is 17.1 Å². The maximum Gasteiger partial charge on any atom is 0.0969 e. The normalized spacial score (nSPS) is 11.0. The molecule has 0 aliphatic rings. The van der Waals surface area contributed by atoms with Crippen LogP contribution in [0.15, 0.2) is 36.8 Å². The van der Waals surface area contributed by atoms with Gasteiger partial charge in [0.25, 0.3) is 0 Å². The van der Waals surface area contributed by atoms with Gasteiger partial charge in [0, 0.05) is 18.9 Å². The number of aromatic nitrogens is 5. The van der Waals surface area contributed by atoms with Crippen molar-refractivity contribution in [1.29, 1.82) is 0 Å². The fourth-order valence-electron chi connectivity index (χ4n) is 1.85. The average molecular weight is 254 g/mol. The zero-order valence-corrected chi connectivity index (χ0v) is 10.6. The van der Waals surface area contributed by atoms with E-state index in [9.17, 15) is 0 Å². The van der Waals surface area contributed by atoms with Crippen LogP contribution in [0, 0.1) is 0 Å². The highest BCUT2D eigenvalue weighted by Crippen LogP contribution is 2.14. The third-order valence-corrected chi connectivity index (χ3v) is 2.81. The molecule has 0 radical (unpaired) electrons. The maximum atomic E-state index is 4.29. The van der Waals surface area contributed by atoms with Gasteiger partial charge in [0.2, 0.25) is 0 Å². The zero-order valence-electron chi connectivity index (χ0n) is 10.6. The van der Waals surface area contributed by atoms with Gasteiger partial charge in [0.05, 0.1) is 28.6 Å². The Kier molecular flexibility index (Phi) is 3.16. The topological polar surface area (TPSA) is 68.5 Å². The summed E-state index contributed by atoms with van der Waals surface area (Å²) >= 11 is 0. The SMILES string of the molecule is CCNCc1cn(-c2ccc3nccnc3c2)nn1. The first-order valence-electron chi connectivity index (χ1n) is 6.20. The van der Waals surface area contributed by atoms with Crippen molar-refractivity contribution in [3.05, 3.63) is 42.5 Å². The van der Waals surface area contributed by atoms with E-state index in [1.807, 2.05) is 24.4 Å². The van der Waals surface area contributed by atoms with Gasteiger partial charge in [-0.2, -0.15) is 0 Å². The molecule has 1 aromatic carbocycles. The van der Waals surface area contributed by atoms with Gasteiger partial charge >= 0.3 is 0 Å². The van der Waals surface area contributed by atoms with Crippen molar-refractivity contribution in [3.8, 4) is 5.69 Å². The Balaban J connectivity index is 1.92. The van der Waals surface area contributed by atoms with Crippen LogP contribution < -0.4 is 5.32 Å². The largest absolute Gasteiger partial charge is 0.311 e. The predicted octanol–water partition coefficient (Wildman–Crippen LogP) is 1.32. The van der Waals surface area contributed by atoms with E-state index in [-0.39, 0.29) is 0 Å². The summed E-state index contributed by atoms with van der Waals surface area (Å²) in [6, 6.07) is 5.85. The Hall–Kier alpha value is -2.34. The van der Waals surface area contributed by atoms with Crippen molar-refractivity contribution < 1.29 is 0 Å². The van der Waals surface area contributed by atoms with E-state index in [4.69, 9.17) is 0 Å². The lowest BCUT2D eigenvalue weighted by Gasteiger charge is -2.01. The van der Waals surface area contributed by atoms with Crippen LogP contribution in [-0.4, -0.2) is 31.5 Å². The summed E-state index contributed by atoms with van der Waals surface area (Å²) in [5, 5.41) is 11.5. The minimum atomic E-state index is 0.726. The number of hydrogen-bond acceptors (Lipinski definition) is 5. The number of fused-ring (bicyclic) bond motifs is 1. The molecule has 0 unspecified atom stereocenters. The molecule has 0 bridgehead atoms. The fourth-order valence-corrected chi connectivity index (χ4v) is 1.85. The van der Waals surface area contributed by atoms with Crippen LogP contribution in [0.2, 0.25) is 0 Å². The smallest absolute Gasteiger partial charge is 0.0969 e. The predicted molar refractivity (Wildman–Crippen MR) is 71.8 cm³/mol. The van der Waals surface area contributed by atoms with Gasteiger partial charge in [-0.3, -0.25) is 9.97 Å². The van der Waals surface area contributed by atoms with E-state index < -0.39 is 0 Å². The quantitative estimate of drug-likeness (QED) is 0.760. The van der Waals surface area contributed by atoms with E-state index in [1.165, 1.54) is 0 Å². The third kappa shape index (κ3) is 2.43. The molecule has 0 atom stereocenters. The standard InChI is InChI=1S/C13H14N6/c1-2-14-8-10-9-19(18-17-10)11-3-4-12-13(7-11)16-6-5-15-12/h3-7,9,14H,2,8H2,1H3. The Morgan fingerprint density at radius 2 is 2.00 bits per heavy atom. The molecule has 2 aromatic heterocycles. The van der Waals surface area contributed by atoms with E-state index in [0.29, 0.717) is 0 Å². The Morgan fingerprint density at radius 3 is 2.84 bits per heavy atom. The second-order valence-corrected chi connectivity index (χ2v) is 4.16. The molecule has 0 saturated heterocycles. The van der Waals surface area contributed by atoms with Crippen LogP contribution in [-0.2, 0) is 6.54 Å². The highest BCUT2D eigenvalue weighted by molar-refractivity contribution is 5.76. The molecule has 3 rings (SSSR count). The van der Waals surface area contributed by atoms with Gasteiger partial charge in [-0.1, -0.05) is 12.1 Å². The van der Waals surface area contributed by atoms with Crippen LogP contribution in [0.5, 0.6) is 0 Å². The molecule has 6 nitrogen and oxygen atoms in total. The molecule has 0 aliphatic heterocycles. The highest BCUT2D eigenvalue weighted by atomic mass is 15.4. The van der Waals surface area contributed by atoms with Crippen molar-refractivity contribution in [2.45, 2.75) is 13.5 Å². The summed E-state index contributed by atoms with van der Waals surface area (Å²) in [6.45, 7) is 3.70. The summed E-state index contributed by atoms with van der Waals surface area (Å²) in [7, 11) is 0. The van der Waals surface area contributed by atoms with Gasteiger partial charge in [-0.25, -0.2) is 4.68 Å². The molecule has 19 heavy (non-hydrogen) atoms. The summed E-state index contributed by atoms with van der Waals surface area (Å²) < 4.78 is 1.75. The number of benzene rings is 1. The van der Waals surface area contributed by atoms with Crippen molar-refractivity contribution in [2.24, 2.45) is 0 Å². The molecule has 0 amide bonds. The maximum absolute atomic E-state index is 4.29. The van der Waals surface area contributed by atoms with Crippen molar-refractivity contribution in [3.63, 3.8) is 0 Å². The monoisotopic (exact) mass is 254 g/mol. The lowest BCUT2D eigenvalue weighted by Crippen LogP contribution is -2.11. The van der Waals surface area contributed by atoms with Crippen LogP contribution in [0.25, 0.3) is 16.7 Å². The van der Waals surface area contributed by atoms with Crippen molar-refractivity contribution >= 4 is 11.0 Å². The summed E-state index contributed by atoms with van der Waals surface area (Å²) in [4.78, 5) is 8.53. The molecule has 0 aliphatic carbocycles. The minimum absolute atomic E-state index is 0.726. The Bertz CT molecular complexity index is 690. The first kappa shape index (κ1) is 11.7. The average Bonchev–Trinajstić information content (AvgIpc) is 2.93. The van der Waals surface area contributed by atoms with Crippen LogP contribution in [0.1, 0.15) is 12.6 Å². The number of rotatable bonds is 4. The zero-order chi connectivity index (χ0) is 13.1. The number of nitrogens with one attached hydrogen (secondary N) is 1. The molecule has 0 spiro atoms. The van der Waals surface area contributed by atoms with Crippen LogP contribution >= 0.6 is 0 Å². The number of nitrogens with zero attached hydrogens (tertiary/aromatic N) is 5. The summed E-state index contributed by atoms with van der Waals surface area (Å²) in [5.41, 5.74) is 3.58. The van der Waals surface area contributed by atoms with Crippen LogP contribution in [0.4, 0.5) is 0 Å². The molecule has 1 N–H and O–H groups in total. The summed E-state index contributed by atoms with van der Waals surface area (Å²) in [6.07, 6.45) is 5.29. The van der Waals surface area contributed by atoms with Gasteiger partial charge in [0.15, 0.2) is 0 Å². The first-order valence-corrected chi connectivity index (χ1v) is 6.20. The Morgan fingerprint density at radius 1 is 1.16 bits per heavy atom.